The quantitative estimate of drug-likeness (QED) is 0.193. The highest BCUT2D eigenvalue weighted by molar-refractivity contribution is 6.15. The largest absolute Gasteiger partial charge is 0.309 e. The van der Waals surface area contributed by atoms with Crippen molar-refractivity contribution in [3.05, 3.63) is 175 Å². The number of rotatable bonds is 4. The van der Waals surface area contributed by atoms with Crippen LogP contribution in [0.15, 0.2) is 164 Å². The minimum atomic E-state index is -0.0501. The molecule has 0 spiro atoms. The third-order valence-corrected chi connectivity index (χ3v) is 9.99. The highest BCUT2D eigenvalue weighted by Crippen LogP contribution is 2.52. The van der Waals surface area contributed by atoms with Crippen molar-refractivity contribution < 1.29 is 0 Å². The molecular formula is C45H33N. The van der Waals surface area contributed by atoms with Crippen molar-refractivity contribution in [2.75, 3.05) is 0 Å². The zero-order valence-electron chi connectivity index (χ0n) is 26.0. The average Bonchev–Trinajstić information content (AvgIpc) is 3.58. The van der Waals surface area contributed by atoms with Crippen molar-refractivity contribution in [2.45, 2.75) is 19.3 Å². The molecule has 0 bridgehead atoms. The van der Waals surface area contributed by atoms with Crippen LogP contribution in [0, 0.1) is 0 Å². The second kappa shape index (κ2) is 10.2. The number of nitrogens with zero attached hydrogens (tertiary/aromatic N) is 1. The van der Waals surface area contributed by atoms with Gasteiger partial charge in [-0.3, -0.25) is 0 Å². The number of hydrogen-bond donors (Lipinski definition) is 0. The van der Waals surface area contributed by atoms with Gasteiger partial charge < -0.3 is 4.57 Å². The lowest BCUT2D eigenvalue weighted by atomic mass is 9.82. The van der Waals surface area contributed by atoms with Crippen LogP contribution < -0.4 is 0 Å². The van der Waals surface area contributed by atoms with Gasteiger partial charge in [-0.05, 0) is 86.5 Å². The van der Waals surface area contributed by atoms with E-state index in [9.17, 15) is 0 Å². The molecule has 1 heterocycles. The van der Waals surface area contributed by atoms with E-state index in [1.54, 1.807) is 0 Å². The van der Waals surface area contributed by atoms with E-state index in [0.717, 1.165) is 0 Å². The van der Waals surface area contributed by atoms with Gasteiger partial charge in [0, 0.05) is 27.4 Å². The molecule has 1 aliphatic carbocycles. The van der Waals surface area contributed by atoms with Crippen LogP contribution in [0.5, 0.6) is 0 Å². The summed E-state index contributed by atoms with van der Waals surface area (Å²) >= 11 is 0. The van der Waals surface area contributed by atoms with Crippen molar-refractivity contribution in [1.29, 1.82) is 0 Å². The van der Waals surface area contributed by atoms with Crippen molar-refractivity contribution >= 4 is 21.8 Å². The molecule has 9 rings (SSSR count). The monoisotopic (exact) mass is 587 g/mol. The van der Waals surface area contributed by atoms with Crippen LogP contribution in [-0.2, 0) is 5.41 Å². The van der Waals surface area contributed by atoms with Crippen LogP contribution in [0.1, 0.15) is 25.0 Å². The molecule has 0 atom stereocenters. The average molecular weight is 588 g/mol. The normalized spacial score (nSPS) is 13.2. The fraction of sp³-hybridized carbons (Fsp3) is 0.0667. The second-order valence-electron chi connectivity index (χ2n) is 13.0. The van der Waals surface area contributed by atoms with Crippen LogP contribution in [-0.4, -0.2) is 4.57 Å². The Morgan fingerprint density at radius 1 is 0.413 bits per heavy atom. The fourth-order valence-electron chi connectivity index (χ4n) is 7.70. The van der Waals surface area contributed by atoms with Crippen LogP contribution in [0.25, 0.3) is 72.0 Å². The molecular weight excluding hydrogens is 555 g/mol. The Morgan fingerprint density at radius 2 is 0.957 bits per heavy atom. The third kappa shape index (κ3) is 4.02. The molecule has 0 aliphatic heterocycles. The van der Waals surface area contributed by atoms with Gasteiger partial charge in [0.05, 0.1) is 11.0 Å². The molecule has 0 amide bonds. The van der Waals surface area contributed by atoms with Crippen molar-refractivity contribution in [1.82, 2.24) is 4.57 Å². The summed E-state index contributed by atoms with van der Waals surface area (Å²) in [4.78, 5) is 0. The molecule has 1 aliphatic rings. The molecule has 1 heteroatoms. The molecule has 0 saturated carbocycles. The number of para-hydroxylation sites is 1. The highest BCUT2D eigenvalue weighted by Gasteiger charge is 2.37. The number of aromatic nitrogens is 1. The van der Waals surface area contributed by atoms with E-state index in [1.165, 1.54) is 83.1 Å². The maximum atomic E-state index is 2.49. The zero-order chi connectivity index (χ0) is 30.8. The standard InChI is InChI=1S/C45H33N/c1-45(2)40-19-11-9-18-39(40)43-41(45)26-25-38-37-17-10-12-20-42(37)46(44(38)43)36-23-21-32(22-24-36)35-28-33(30-13-5-3-6-14-30)27-34(29-35)31-15-7-4-8-16-31/h3-29H,1-2H3. The smallest absolute Gasteiger partial charge is 0.0622 e. The first-order valence-corrected chi connectivity index (χ1v) is 16.1. The molecule has 0 radical (unpaired) electrons. The summed E-state index contributed by atoms with van der Waals surface area (Å²) in [6.45, 7) is 4.72. The number of hydrogen-bond acceptors (Lipinski definition) is 0. The Morgan fingerprint density at radius 3 is 1.61 bits per heavy atom. The Bertz CT molecular complexity index is 2350. The lowest BCUT2D eigenvalue weighted by Gasteiger charge is -2.21. The van der Waals surface area contributed by atoms with Crippen LogP contribution in [0.4, 0.5) is 0 Å². The Labute approximate surface area is 270 Å². The Kier molecular flexibility index (Phi) is 5.92. The molecule has 8 aromatic rings. The maximum absolute atomic E-state index is 2.49. The van der Waals surface area contributed by atoms with Gasteiger partial charge in [0.25, 0.3) is 0 Å². The van der Waals surface area contributed by atoms with E-state index in [0.29, 0.717) is 0 Å². The molecule has 1 nitrogen and oxygen atoms in total. The summed E-state index contributed by atoms with van der Waals surface area (Å²) in [6, 6.07) is 60.0. The Hall–Kier alpha value is -5.66. The van der Waals surface area contributed by atoms with Gasteiger partial charge in [0.1, 0.15) is 0 Å². The van der Waals surface area contributed by atoms with Gasteiger partial charge in [-0.25, -0.2) is 0 Å². The summed E-state index contributed by atoms with van der Waals surface area (Å²) < 4.78 is 2.49. The Balaban J connectivity index is 1.24. The number of benzene rings is 7. The first kappa shape index (κ1) is 26.7. The van der Waals surface area contributed by atoms with Crippen LogP contribution in [0.3, 0.4) is 0 Å². The van der Waals surface area contributed by atoms with E-state index >= 15 is 0 Å². The van der Waals surface area contributed by atoms with Crippen LogP contribution >= 0.6 is 0 Å². The SMILES string of the molecule is CC1(C)c2ccccc2-c2c1ccc1c3ccccc3n(-c3ccc(-c4cc(-c5ccccc5)cc(-c5ccccc5)c4)cc3)c21. The zero-order valence-corrected chi connectivity index (χ0v) is 26.0. The second-order valence-corrected chi connectivity index (χ2v) is 13.0. The topological polar surface area (TPSA) is 4.93 Å². The van der Waals surface area contributed by atoms with Gasteiger partial charge >= 0.3 is 0 Å². The van der Waals surface area contributed by atoms with Crippen molar-refractivity contribution in [3.8, 4) is 50.2 Å². The van der Waals surface area contributed by atoms with E-state index in [-0.39, 0.29) is 5.41 Å². The first-order chi connectivity index (χ1) is 22.6. The molecule has 1 aromatic heterocycles. The van der Waals surface area contributed by atoms with Gasteiger partial charge in [0.15, 0.2) is 0 Å². The van der Waals surface area contributed by atoms with Gasteiger partial charge in [0.2, 0.25) is 0 Å². The minimum absolute atomic E-state index is 0.0501. The van der Waals surface area contributed by atoms with Crippen molar-refractivity contribution in [3.63, 3.8) is 0 Å². The van der Waals surface area contributed by atoms with E-state index < -0.39 is 0 Å². The fourth-order valence-corrected chi connectivity index (χ4v) is 7.70. The molecule has 7 aromatic carbocycles. The lowest BCUT2D eigenvalue weighted by molar-refractivity contribution is 0.661. The summed E-state index contributed by atoms with van der Waals surface area (Å²) in [6.07, 6.45) is 0. The van der Waals surface area contributed by atoms with Gasteiger partial charge in [-0.1, -0.05) is 141 Å². The molecule has 0 N–H and O–H groups in total. The van der Waals surface area contributed by atoms with E-state index in [2.05, 4.69) is 182 Å². The molecule has 0 saturated heterocycles. The molecule has 0 unspecified atom stereocenters. The predicted molar refractivity (Wildman–Crippen MR) is 195 cm³/mol. The van der Waals surface area contributed by atoms with E-state index in [4.69, 9.17) is 0 Å². The molecule has 0 fully saturated rings. The maximum Gasteiger partial charge on any atom is 0.0622 e. The summed E-state index contributed by atoms with van der Waals surface area (Å²) in [5.74, 6) is 0. The first-order valence-electron chi connectivity index (χ1n) is 16.1. The summed E-state index contributed by atoms with van der Waals surface area (Å²) in [5, 5.41) is 2.59. The number of fused-ring (bicyclic) bond motifs is 7. The van der Waals surface area contributed by atoms with Gasteiger partial charge in [-0.15, -0.1) is 0 Å². The van der Waals surface area contributed by atoms with Crippen molar-refractivity contribution in [2.24, 2.45) is 0 Å². The minimum Gasteiger partial charge on any atom is -0.309 e. The lowest BCUT2D eigenvalue weighted by Crippen LogP contribution is -2.14. The van der Waals surface area contributed by atoms with E-state index in [1.807, 2.05) is 0 Å². The predicted octanol–water partition coefficient (Wildman–Crippen LogP) is 12.1. The van der Waals surface area contributed by atoms with Crippen LogP contribution in [0.2, 0.25) is 0 Å². The third-order valence-electron chi connectivity index (χ3n) is 9.99. The highest BCUT2D eigenvalue weighted by atomic mass is 15.0. The molecule has 46 heavy (non-hydrogen) atoms. The summed E-state index contributed by atoms with van der Waals surface area (Å²) in [7, 11) is 0. The summed E-state index contributed by atoms with van der Waals surface area (Å²) in [5.41, 5.74) is 16.5. The molecule has 218 valence electrons. The van der Waals surface area contributed by atoms with Gasteiger partial charge in [-0.2, -0.15) is 0 Å².